The van der Waals surface area contributed by atoms with Gasteiger partial charge in [0.25, 0.3) is 5.91 Å². The first-order valence-electron chi connectivity index (χ1n) is 8.19. The van der Waals surface area contributed by atoms with Gasteiger partial charge >= 0.3 is 5.97 Å². The van der Waals surface area contributed by atoms with Crippen LogP contribution in [0.2, 0.25) is 0 Å². The van der Waals surface area contributed by atoms with Crippen molar-refractivity contribution in [2.24, 2.45) is 0 Å². The minimum atomic E-state index is -3.49. The van der Waals surface area contributed by atoms with E-state index in [1.54, 1.807) is 12.1 Å². The number of hydrogen-bond acceptors (Lipinski definition) is 6. The Morgan fingerprint density at radius 1 is 1.11 bits per heavy atom. The van der Waals surface area contributed by atoms with Crippen LogP contribution in [0.4, 0.5) is 5.69 Å². The monoisotopic (exact) mass is 472 g/mol. The fourth-order valence-electron chi connectivity index (χ4n) is 2.61. The molecule has 0 radical (unpaired) electrons. The second-order valence-electron chi connectivity index (χ2n) is 5.86. The molecule has 144 valence electrons. The number of halogens is 1. The minimum absolute atomic E-state index is 0.192. The summed E-state index contributed by atoms with van der Waals surface area (Å²) >= 11 is 4.47. The van der Waals surface area contributed by atoms with E-state index in [-0.39, 0.29) is 4.90 Å². The molecule has 2 heterocycles. The number of sulfonamides is 1. The standard InChI is InChI=1S/C17H17BrN2O5S2/c18-15-8-7-14(26-15)17(22)25-11-16(21)19-12-3-5-13(6-4-12)27(23,24)20-9-1-2-10-20/h3-8H,1-2,9-11H2,(H,19,21). The lowest BCUT2D eigenvalue weighted by atomic mass is 10.3. The zero-order chi connectivity index (χ0) is 19.4. The topological polar surface area (TPSA) is 92.8 Å². The average Bonchev–Trinajstić information content (AvgIpc) is 3.32. The van der Waals surface area contributed by atoms with E-state index >= 15 is 0 Å². The number of amides is 1. The third kappa shape index (κ3) is 4.95. The highest BCUT2D eigenvalue weighted by atomic mass is 79.9. The molecule has 0 atom stereocenters. The molecule has 27 heavy (non-hydrogen) atoms. The van der Waals surface area contributed by atoms with E-state index in [0.29, 0.717) is 23.7 Å². The van der Waals surface area contributed by atoms with Crippen LogP contribution in [0.25, 0.3) is 0 Å². The summed E-state index contributed by atoms with van der Waals surface area (Å²) in [6, 6.07) is 9.27. The smallest absolute Gasteiger partial charge is 0.348 e. The minimum Gasteiger partial charge on any atom is -0.451 e. The van der Waals surface area contributed by atoms with Crippen LogP contribution in [0.3, 0.4) is 0 Å². The van der Waals surface area contributed by atoms with Crippen molar-refractivity contribution in [3.05, 3.63) is 45.1 Å². The number of ether oxygens (including phenoxy) is 1. The number of carbonyl (C=O) groups excluding carboxylic acids is 2. The summed E-state index contributed by atoms with van der Waals surface area (Å²) < 4.78 is 32.1. The predicted octanol–water partition coefficient (Wildman–Crippen LogP) is 3.09. The Morgan fingerprint density at radius 3 is 2.37 bits per heavy atom. The van der Waals surface area contributed by atoms with Crippen LogP contribution in [-0.4, -0.2) is 44.3 Å². The summed E-state index contributed by atoms with van der Waals surface area (Å²) in [4.78, 5) is 24.3. The molecule has 1 amide bonds. The summed E-state index contributed by atoms with van der Waals surface area (Å²) in [5.74, 6) is -1.08. The van der Waals surface area contributed by atoms with Gasteiger partial charge in [0.1, 0.15) is 4.88 Å². The average molecular weight is 473 g/mol. The molecule has 1 aromatic heterocycles. The number of carbonyl (C=O) groups is 2. The summed E-state index contributed by atoms with van der Waals surface area (Å²) in [5, 5.41) is 2.57. The zero-order valence-corrected chi connectivity index (χ0v) is 17.4. The molecule has 1 aliphatic rings. The number of nitrogens with one attached hydrogen (secondary N) is 1. The Morgan fingerprint density at radius 2 is 1.78 bits per heavy atom. The molecule has 1 aliphatic heterocycles. The third-order valence-corrected chi connectivity index (χ3v) is 7.47. The maximum absolute atomic E-state index is 12.5. The molecule has 1 N–H and O–H groups in total. The highest BCUT2D eigenvalue weighted by Crippen LogP contribution is 2.23. The SMILES string of the molecule is O=C(COC(=O)c1ccc(Br)s1)Nc1ccc(S(=O)(=O)N2CCCC2)cc1. The van der Waals surface area contributed by atoms with Crippen LogP contribution in [0.5, 0.6) is 0 Å². The number of nitrogens with zero attached hydrogens (tertiary/aromatic N) is 1. The molecule has 0 bridgehead atoms. The Balaban J connectivity index is 1.54. The predicted molar refractivity (Wildman–Crippen MR) is 105 cm³/mol. The van der Waals surface area contributed by atoms with E-state index in [0.717, 1.165) is 16.6 Å². The van der Waals surface area contributed by atoms with Crippen molar-refractivity contribution in [3.63, 3.8) is 0 Å². The van der Waals surface area contributed by atoms with Crippen molar-refractivity contribution >= 4 is 54.9 Å². The van der Waals surface area contributed by atoms with Crippen LogP contribution < -0.4 is 5.32 Å². The first-order valence-corrected chi connectivity index (χ1v) is 11.2. The van der Waals surface area contributed by atoms with Gasteiger partial charge in [-0.1, -0.05) is 0 Å². The van der Waals surface area contributed by atoms with Gasteiger partial charge in [-0.05, 0) is 65.2 Å². The number of hydrogen-bond donors (Lipinski definition) is 1. The van der Waals surface area contributed by atoms with E-state index in [2.05, 4.69) is 21.2 Å². The lowest BCUT2D eigenvalue weighted by Gasteiger charge is -2.15. The Hall–Kier alpha value is -1.75. The molecule has 2 aromatic rings. The Labute approximate surface area is 169 Å². The van der Waals surface area contributed by atoms with Crippen LogP contribution in [0.1, 0.15) is 22.5 Å². The van der Waals surface area contributed by atoms with Gasteiger partial charge in [-0.25, -0.2) is 13.2 Å². The molecular formula is C17H17BrN2O5S2. The molecule has 7 nitrogen and oxygen atoms in total. The molecule has 0 aliphatic carbocycles. The summed E-state index contributed by atoms with van der Waals surface area (Å²) in [6.45, 7) is 0.641. The summed E-state index contributed by atoms with van der Waals surface area (Å²) in [5.41, 5.74) is 0.426. The van der Waals surface area contributed by atoms with Crippen molar-refractivity contribution in [2.45, 2.75) is 17.7 Å². The van der Waals surface area contributed by atoms with E-state index in [4.69, 9.17) is 4.74 Å². The van der Waals surface area contributed by atoms with Gasteiger partial charge in [0, 0.05) is 18.8 Å². The fraction of sp³-hybridized carbons (Fsp3) is 0.294. The molecule has 1 saturated heterocycles. The van der Waals surface area contributed by atoms with Gasteiger partial charge in [0.05, 0.1) is 8.68 Å². The first-order chi connectivity index (χ1) is 12.9. The Kier molecular flexibility index (Phi) is 6.30. The van der Waals surface area contributed by atoms with Crippen LogP contribution in [-0.2, 0) is 19.6 Å². The van der Waals surface area contributed by atoms with Crippen LogP contribution in [0, 0.1) is 0 Å². The van der Waals surface area contributed by atoms with E-state index in [1.807, 2.05) is 0 Å². The summed E-state index contributed by atoms with van der Waals surface area (Å²) in [6.07, 6.45) is 1.74. The van der Waals surface area contributed by atoms with Gasteiger partial charge in [-0.2, -0.15) is 4.31 Å². The second-order valence-corrected chi connectivity index (χ2v) is 10.3. The van der Waals surface area contributed by atoms with E-state index in [1.165, 1.54) is 39.9 Å². The highest BCUT2D eigenvalue weighted by molar-refractivity contribution is 9.11. The molecular weight excluding hydrogens is 456 g/mol. The maximum atomic E-state index is 12.5. The van der Waals surface area contributed by atoms with Crippen molar-refractivity contribution < 1.29 is 22.7 Å². The van der Waals surface area contributed by atoms with Gasteiger partial charge < -0.3 is 10.1 Å². The van der Waals surface area contributed by atoms with Crippen molar-refractivity contribution in [1.29, 1.82) is 0 Å². The van der Waals surface area contributed by atoms with E-state index < -0.39 is 28.5 Å². The highest BCUT2D eigenvalue weighted by Gasteiger charge is 2.26. The number of benzene rings is 1. The first kappa shape index (κ1) is 20.0. The van der Waals surface area contributed by atoms with Crippen LogP contribution in [0.15, 0.2) is 45.1 Å². The van der Waals surface area contributed by atoms with Gasteiger partial charge in [-0.3, -0.25) is 4.79 Å². The lowest BCUT2D eigenvalue weighted by molar-refractivity contribution is -0.119. The lowest BCUT2D eigenvalue weighted by Crippen LogP contribution is -2.27. The Bertz CT molecular complexity index is 934. The third-order valence-electron chi connectivity index (χ3n) is 3.95. The molecule has 0 unspecified atom stereocenters. The largest absolute Gasteiger partial charge is 0.451 e. The van der Waals surface area contributed by atoms with Crippen LogP contribution >= 0.6 is 27.3 Å². The second kappa shape index (κ2) is 8.51. The van der Waals surface area contributed by atoms with Gasteiger partial charge in [0.15, 0.2) is 6.61 Å². The normalized spacial score (nSPS) is 14.9. The zero-order valence-electron chi connectivity index (χ0n) is 14.2. The van der Waals surface area contributed by atoms with Crippen molar-refractivity contribution in [2.75, 3.05) is 25.0 Å². The molecule has 10 heteroatoms. The number of esters is 1. The number of thiophene rings is 1. The molecule has 3 rings (SSSR count). The molecule has 0 spiro atoms. The quantitative estimate of drug-likeness (QED) is 0.651. The number of rotatable bonds is 6. The van der Waals surface area contributed by atoms with Gasteiger partial charge in [-0.15, -0.1) is 11.3 Å². The van der Waals surface area contributed by atoms with Gasteiger partial charge in [0.2, 0.25) is 10.0 Å². The molecule has 1 fully saturated rings. The summed E-state index contributed by atoms with van der Waals surface area (Å²) in [7, 11) is -3.49. The van der Waals surface area contributed by atoms with E-state index in [9.17, 15) is 18.0 Å². The molecule has 1 aromatic carbocycles. The maximum Gasteiger partial charge on any atom is 0.348 e. The molecule has 0 saturated carbocycles. The van der Waals surface area contributed by atoms with Crippen molar-refractivity contribution in [3.8, 4) is 0 Å². The number of anilines is 1. The fourth-order valence-corrected chi connectivity index (χ4v) is 5.41. The van der Waals surface area contributed by atoms with Crippen molar-refractivity contribution in [1.82, 2.24) is 4.31 Å².